The molecule has 118 valence electrons. The van der Waals surface area contributed by atoms with Gasteiger partial charge in [-0.1, -0.05) is 18.2 Å². The van der Waals surface area contributed by atoms with Crippen LogP contribution in [0.4, 0.5) is 0 Å². The Morgan fingerprint density at radius 2 is 2.13 bits per heavy atom. The molecule has 8 heteroatoms. The lowest BCUT2D eigenvalue weighted by atomic mass is 10.1. The first-order chi connectivity index (χ1) is 11.3. The summed E-state index contributed by atoms with van der Waals surface area (Å²) in [7, 11) is 0. The highest BCUT2D eigenvalue weighted by molar-refractivity contribution is 5.30. The number of fused-ring (bicyclic) bond motifs is 1. The molecule has 2 aromatic heterocycles. The number of tetrazole rings is 1. The van der Waals surface area contributed by atoms with E-state index in [4.69, 9.17) is 0 Å². The summed E-state index contributed by atoms with van der Waals surface area (Å²) in [5.41, 5.74) is 0.965. The van der Waals surface area contributed by atoms with Crippen LogP contribution >= 0.6 is 0 Å². The average Bonchev–Trinajstić information content (AvgIpc) is 3.18. The molecule has 0 aliphatic carbocycles. The maximum atomic E-state index is 4.44. The third-order valence-electron chi connectivity index (χ3n) is 4.05. The molecule has 0 radical (unpaired) electrons. The first-order valence-electron chi connectivity index (χ1n) is 7.76. The molecule has 1 aromatic carbocycles. The Labute approximate surface area is 133 Å². The highest BCUT2D eigenvalue weighted by Crippen LogP contribution is 2.13. The lowest BCUT2D eigenvalue weighted by Gasteiger charge is -2.23. The molecule has 0 saturated carbocycles. The molecule has 3 aromatic rings. The van der Waals surface area contributed by atoms with E-state index in [0.29, 0.717) is 12.6 Å². The van der Waals surface area contributed by atoms with Gasteiger partial charge in [0.2, 0.25) is 0 Å². The fourth-order valence-electron chi connectivity index (χ4n) is 2.92. The van der Waals surface area contributed by atoms with Gasteiger partial charge < -0.3 is 5.32 Å². The monoisotopic (exact) mass is 310 g/mol. The number of nitrogens with zero attached hydrogens (tertiary/aromatic N) is 7. The average molecular weight is 310 g/mol. The van der Waals surface area contributed by atoms with Gasteiger partial charge in [-0.3, -0.25) is 0 Å². The van der Waals surface area contributed by atoms with E-state index in [0.717, 1.165) is 42.5 Å². The van der Waals surface area contributed by atoms with Crippen molar-refractivity contribution in [1.82, 2.24) is 40.3 Å². The number of para-hydroxylation sites is 1. The molecule has 3 heterocycles. The van der Waals surface area contributed by atoms with Crippen molar-refractivity contribution in [2.75, 3.05) is 0 Å². The first kappa shape index (κ1) is 14.0. The Balaban J connectivity index is 1.44. The van der Waals surface area contributed by atoms with Crippen LogP contribution < -0.4 is 5.32 Å². The number of hydrogen-bond donors (Lipinski definition) is 1. The van der Waals surface area contributed by atoms with E-state index in [-0.39, 0.29) is 0 Å². The molecule has 0 fully saturated rings. The lowest BCUT2D eigenvalue weighted by Crippen LogP contribution is -2.38. The van der Waals surface area contributed by atoms with Crippen molar-refractivity contribution < 1.29 is 0 Å². The van der Waals surface area contributed by atoms with E-state index in [2.05, 4.69) is 30.9 Å². The van der Waals surface area contributed by atoms with Gasteiger partial charge in [0.1, 0.15) is 11.6 Å². The van der Waals surface area contributed by atoms with Crippen LogP contribution in [0.2, 0.25) is 0 Å². The smallest absolute Gasteiger partial charge is 0.170 e. The summed E-state index contributed by atoms with van der Waals surface area (Å²) >= 11 is 0. The van der Waals surface area contributed by atoms with Gasteiger partial charge in [0.15, 0.2) is 5.82 Å². The molecule has 1 unspecified atom stereocenters. The summed E-state index contributed by atoms with van der Waals surface area (Å²) in [4.78, 5) is 4.44. The van der Waals surface area contributed by atoms with E-state index in [1.165, 1.54) is 0 Å². The van der Waals surface area contributed by atoms with E-state index in [1.54, 1.807) is 4.68 Å². The Morgan fingerprint density at radius 3 is 3.00 bits per heavy atom. The fourth-order valence-corrected chi connectivity index (χ4v) is 2.92. The van der Waals surface area contributed by atoms with Gasteiger partial charge in [0, 0.05) is 12.5 Å². The van der Waals surface area contributed by atoms with Crippen LogP contribution in [-0.4, -0.2) is 41.0 Å². The quantitative estimate of drug-likeness (QED) is 0.762. The molecule has 0 spiro atoms. The molecule has 1 aliphatic rings. The van der Waals surface area contributed by atoms with Crippen LogP contribution in [-0.2, 0) is 19.5 Å². The summed E-state index contributed by atoms with van der Waals surface area (Å²) in [6.07, 6.45) is 1.99. The second-order valence-corrected chi connectivity index (χ2v) is 5.72. The summed E-state index contributed by atoms with van der Waals surface area (Å²) in [6, 6.07) is 10.3. The Hall–Kier alpha value is -2.61. The van der Waals surface area contributed by atoms with Gasteiger partial charge >= 0.3 is 0 Å². The van der Waals surface area contributed by atoms with E-state index >= 15 is 0 Å². The van der Waals surface area contributed by atoms with Crippen LogP contribution in [0.5, 0.6) is 0 Å². The minimum absolute atomic E-state index is 0.351. The van der Waals surface area contributed by atoms with Crippen molar-refractivity contribution in [3.63, 3.8) is 0 Å². The molecular weight excluding hydrogens is 292 g/mol. The van der Waals surface area contributed by atoms with Gasteiger partial charge in [-0.25, -0.2) is 9.67 Å². The number of aromatic nitrogens is 7. The summed E-state index contributed by atoms with van der Waals surface area (Å²) in [5.74, 6) is 2.72. The van der Waals surface area contributed by atoms with Gasteiger partial charge in [0.25, 0.3) is 0 Å². The molecular formula is C15H18N8. The minimum atomic E-state index is 0.351. The normalized spacial score (nSPS) is 17.2. The summed E-state index contributed by atoms with van der Waals surface area (Å²) < 4.78 is 3.76. The lowest BCUT2D eigenvalue weighted by molar-refractivity contribution is 0.354. The Bertz CT molecular complexity index is 791. The molecule has 0 saturated heterocycles. The fraction of sp³-hybridized carbons (Fsp3) is 0.400. The van der Waals surface area contributed by atoms with Crippen molar-refractivity contribution in [2.24, 2.45) is 0 Å². The molecule has 4 rings (SSSR count). The van der Waals surface area contributed by atoms with Gasteiger partial charge in [-0.15, -0.1) is 5.10 Å². The molecule has 23 heavy (non-hydrogen) atoms. The van der Waals surface area contributed by atoms with Crippen molar-refractivity contribution in [1.29, 1.82) is 0 Å². The molecule has 0 amide bonds. The summed E-state index contributed by atoms with van der Waals surface area (Å²) in [6.45, 7) is 3.39. The second kappa shape index (κ2) is 5.88. The molecule has 1 aliphatic heterocycles. The van der Waals surface area contributed by atoms with Crippen molar-refractivity contribution >= 4 is 0 Å². The SMILES string of the molecule is Cc1nc2n(n1)CC(NCc1nnnn1-c1ccccc1)CC2. The molecule has 8 nitrogen and oxygen atoms in total. The van der Waals surface area contributed by atoms with Crippen LogP contribution in [0.1, 0.15) is 23.9 Å². The van der Waals surface area contributed by atoms with Crippen LogP contribution in [0, 0.1) is 6.92 Å². The van der Waals surface area contributed by atoms with Crippen molar-refractivity contribution in [2.45, 2.75) is 38.9 Å². The third kappa shape index (κ3) is 2.85. The number of rotatable bonds is 4. The summed E-state index contributed by atoms with van der Waals surface area (Å²) in [5, 5.41) is 20.0. The highest BCUT2D eigenvalue weighted by atomic mass is 15.5. The van der Waals surface area contributed by atoms with E-state index < -0.39 is 0 Å². The van der Waals surface area contributed by atoms with Crippen LogP contribution in [0.25, 0.3) is 5.69 Å². The highest BCUT2D eigenvalue weighted by Gasteiger charge is 2.21. The first-order valence-corrected chi connectivity index (χ1v) is 7.76. The van der Waals surface area contributed by atoms with Gasteiger partial charge in [-0.05, 0) is 35.9 Å². The number of nitrogens with one attached hydrogen (secondary N) is 1. The van der Waals surface area contributed by atoms with E-state index in [9.17, 15) is 0 Å². The maximum Gasteiger partial charge on any atom is 0.170 e. The van der Waals surface area contributed by atoms with Crippen molar-refractivity contribution in [3.8, 4) is 5.69 Å². The standard InChI is InChI=1S/C15H18N8/c1-11-17-14-8-7-12(10-22(14)19-11)16-9-15-18-20-21-23(15)13-5-3-2-4-6-13/h2-6,12,16H,7-10H2,1H3. The molecule has 1 atom stereocenters. The largest absolute Gasteiger partial charge is 0.305 e. The molecule has 0 bridgehead atoms. The van der Waals surface area contributed by atoms with Crippen molar-refractivity contribution in [3.05, 3.63) is 47.8 Å². The zero-order valence-corrected chi connectivity index (χ0v) is 12.9. The minimum Gasteiger partial charge on any atom is -0.305 e. The third-order valence-corrected chi connectivity index (χ3v) is 4.05. The number of aryl methyl sites for hydroxylation is 2. The predicted molar refractivity (Wildman–Crippen MR) is 82.9 cm³/mol. The van der Waals surface area contributed by atoms with E-state index in [1.807, 2.05) is 41.9 Å². The van der Waals surface area contributed by atoms with Gasteiger partial charge in [0.05, 0.1) is 18.8 Å². The predicted octanol–water partition coefficient (Wildman–Crippen LogP) is 0.667. The van der Waals surface area contributed by atoms with Crippen LogP contribution in [0.3, 0.4) is 0 Å². The Kier molecular flexibility index (Phi) is 3.58. The molecule has 1 N–H and O–H groups in total. The van der Waals surface area contributed by atoms with Gasteiger partial charge in [-0.2, -0.15) is 9.78 Å². The number of benzene rings is 1. The topological polar surface area (TPSA) is 86.3 Å². The zero-order valence-electron chi connectivity index (χ0n) is 12.9. The van der Waals surface area contributed by atoms with Crippen LogP contribution in [0.15, 0.2) is 30.3 Å². The Morgan fingerprint density at radius 1 is 1.26 bits per heavy atom. The zero-order chi connectivity index (χ0) is 15.6. The number of hydrogen-bond acceptors (Lipinski definition) is 6. The maximum absolute atomic E-state index is 4.44. The second-order valence-electron chi connectivity index (χ2n) is 5.72.